The summed E-state index contributed by atoms with van der Waals surface area (Å²) in [6.45, 7) is 15.0. The van der Waals surface area contributed by atoms with Crippen LogP contribution in [0.3, 0.4) is 0 Å². The lowest BCUT2D eigenvalue weighted by Gasteiger charge is -2.44. The monoisotopic (exact) mass is 418 g/mol. The SMILES string of the molecule is CC(C)=CCC12C[C@H]3C(C)(C)[C@@H](C(C)(C)O)C[C@@]3(C(O)=C(C(=O)C(C)C)C1=O)C2O. The van der Waals surface area contributed by atoms with Crippen LogP contribution in [0.15, 0.2) is 23.0 Å². The second-order valence-corrected chi connectivity index (χ2v) is 11.6. The maximum Gasteiger partial charge on any atom is 0.178 e. The van der Waals surface area contributed by atoms with Gasteiger partial charge in [0.25, 0.3) is 0 Å². The second kappa shape index (κ2) is 6.77. The lowest BCUT2D eigenvalue weighted by Crippen LogP contribution is -2.53. The third-order valence-electron chi connectivity index (χ3n) is 8.39. The number of hydrogen-bond donors (Lipinski definition) is 3. The largest absolute Gasteiger partial charge is 0.511 e. The standard InChI is InChI=1S/C25H38O5/c1-13(2)9-10-24-11-16-22(5,6)15(23(7,8)30)12-25(16,21(24)29)20(28)17(19(24)27)18(26)14(3)4/h9,14-16,21,28-30H,10-12H2,1-8H3/t15-,16-,21?,24?,25+/m0/s1. The van der Waals surface area contributed by atoms with Gasteiger partial charge in [0.1, 0.15) is 5.76 Å². The summed E-state index contributed by atoms with van der Waals surface area (Å²) in [5, 5.41) is 34.1. The van der Waals surface area contributed by atoms with Crippen molar-refractivity contribution >= 4 is 11.6 Å². The van der Waals surface area contributed by atoms with E-state index in [2.05, 4.69) is 13.8 Å². The molecule has 0 saturated heterocycles. The van der Waals surface area contributed by atoms with Crippen molar-refractivity contribution in [2.24, 2.45) is 34.0 Å². The van der Waals surface area contributed by atoms with Crippen molar-refractivity contribution in [3.8, 4) is 0 Å². The molecule has 0 heterocycles. The summed E-state index contributed by atoms with van der Waals surface area (Å²) in [5.41, 5.74) is -2.73. The molecule has 0 aromatic carbocycles. The molecule has 0 radical (unpaired) electrons. The van der Waals surface area contributed by atoms with Crippen LogP contribution in [0.25, 0.3) is 0 Å². The zero-order valence-electron chi connectivity index (χ0n) is 19.7. The summed E-state index contributed by atoms with van der Waals surface area (Å²) in [5.74, 6) is -1.88. The molecule has 3 rings (SSSR count). The zero-order chi connectivity index (χ0) is 23.0. The van der Waals surface area contributed by atoms with Crippen LogP contribution in [0.5, 0.6) is 0 Å². The average Bonchev–Trinajstić information content (AvgIpc) is 2.97. The highest BCUT2D eigenvalue weighted by Crippen LogP contribution is 2.75. The average molecular weight is 419 g/mol. The van der Waals surface area contributed by atoms with E-state index >= 15 is 0 Å². The van der Waals surface area contributed by atoms with Gasteiger partial charge in [-0.05, 0) is 64.2 Å². The topological polar surface area (TPSA) is 94.8 Å². The Balaban J connectivity index is 2.30. The van der Waals surface area contributed by atoms with Crippen molar-refractivity contribution in [1.29, 1.82) is 0 Å². The van der Waals surface area contributed by atoms with Crippen LogP contribution in [0.1, 0.15) is 74.7 Å². The molecule has 0 amide bonds. The van der Waals surface area contributed by atoms with Gasteiger partial charge >= 0.3 is 0 Å². The van der Waals surface area contributed by atoms with Gasteiger partial charge in [0.15, 0.2) is 11.6 Å². The highest BCUT2D eigenvalue weighted by atomic mass is 16.3. The molecular formula is C25H38O5. The Morgan fingerprint density at radius 2 is 1.80 bits per heavy atom. The number of hydrogen-bond acceptors (Lipinski definition) is 5. The Labute approximate surface area is 180 Å². The van der Waals surface area contributed by atoms with Crippen LogP contribution < -0.4 is 0 Å². The Morgan fingerprint density at radius 1 is 1.23 bits per heavy atom. The van der Waals surface area contributed by atoms with Gasteiger partial charge in [0, 0.05) is 5.92 Å². The predicted octanol–water partition coefficient (Wildman–Crippen LogP) is 4.13. The van der Waals surface area contributed by atoms with E-state index in [9.17, 15) is 24.9 Å². The first kappa shape index (κ1) is 23.2. The molecule has 30 heavy (non-hydrogen) atoms. The first-order valence-corrected chi connectivity index (χ1v) is 11.1. The van der Waals surface area contributed by atoms with Crippen molar-refractivity contribution in [3.05, 3.63) is 23.0 Å². The van der Waals surface area contributed by atoms with E-state index in [0.717, 1.165) is 5.57 Å². The molecule has 3 aliphatic carbocycles. The minimum absolute atomic E-state index is 0.118. The number of fused-ring (bicyclic) bond motifs is 1. The fraction of sp³-hybridized carbons (Fsp3) is 0.760. The van der Waals surface area contributed by atoms with E-state index in [0.29, 0.717) is 19.3 Å². The van der Waals surface area contributed by atoms with E-state index < -0.39 is 39.7 Å². The number of Topliss-reactive ketones (excluding diaryl/α,β-unsaturated/α-hetero) is 2. The number of allylic oxidation sites excluding steroid dienone is 3. The fourth-order valence-corrected chi connectivity index (χ4v) is 6.91. The third kappa shape index (κ3) is 2.81. The molecule has 2 fully saturated rings. The Bertz CT molecular complexity index is 836. The number of carbonyl (C=O) groups excluding carboxylic acids is 2. The maximum atomic E-state index is 13.7. The molecule has 3 N–H and O–H groups in total. The first-order chi connectivity index (χ1) is 13.5. The lowest BCUT2D eigenvalue weighted by atomic mass is 9.61. The Hall–Kier alpha value is -1.46. The number of carbonyl (C=O) groups is 2. The molecule has 2 saturated carbocycles. The molecule has 3 aliphatic rings. The van der Waals surface area contributed by atoms with E-state index in [4.69, 9.17) is 0 Å². The van der Waals surface area contributed by atoms with Crippen LogP contribution in [0.4, 0.5) is 0 Å². The van der Waals surface area contributed by atoms with Crippen molar-refractivity contribution in [2.75, 3.05) is 0 Å². The third-order valence-corrected chi connectivity index (χ3v) is 8.39. The summed E-state index contributed by atoms with van der Waals surface area (Å²) >= 11 is 0. The minimum atomic E-state index is -1.12. The Morgan fingerprint density at radius 3 is 2.27 bits per heavy atom. The van der Waals surface area contributed by atoms with Gasteiger partial charge < -0.3 is 15.3 Å². The van der Waals surface area contributed by atoms with E-state index in [-0.39, 0.29) is 29.0 Å². The summed E-state index contributed by atoms with van der Waals surface area (Å²) in [7, 11) is 0. The molecule has 5 atom stereocenters. The molecule has 0 aromatic heterocycles. The van der Waals surface area contributed by atoms with Gasteiger partial charge in [0.2, 0.25) is 0 Å². The van der Waals surface area contributed by atoms with E-state index in [1.54, 1.807) is 27.7 Å². The predicted molar refractivity (Wildman–Crippen MR) is 116 cm³/mol. The smallest absolute Gasteiger partial charge is 0.178 e. The summed E-state index contributed by atoms with van der Waals surface area (Å²) < 4.78 is 0. The molecule has 2 unspecified atom stereocenters. The number of aliphatic hydroxyl groups excluding tert-OH is 2. The summed E-state index contributed by atoms with van der Waals surface area (Å²) in [6.07, 6.45) is 1.96. The van der Waals surface area contributed by atoms with E-state index in [1.165, 1.54) is 0 Å². The summed E-state index contributed by atoms with van der Waals surface area (Å²) in [4.78, 5) is 26.8. The van der Waals surface area contributed by atoms with Gasteiger partial charge in [-0.2, -0.15) is 0 Å². The molecule has 2 bridgehead atoms. The van der Waals surface area contributed by atoms with E-state index in [1.807, 2.05) is 19.9 Å². The fourth-order valence-electron chi connectivity index (χ4n) is 6.91. The van der Waals surface area contributed by atoms with Crippen LogP contribution >= 0.6 is 0 Å². The van der Waals surface area contributed by atoms with Crippen LogP contribution in [0, 0.1) is 34.0 Å². The van der Waals surface area contributed by atoms with Crippen LogP contribution in [0.2, 0.25) is 0 Å². The van der Waals surface area contributed by atoms with Crippen LogP contribution in [-0.4, -0.2) is 38.6 Å². The highest BCUT2D eigenvalue weighted by molar-refractivity contribution is 6.24. The lowest BCUT2D eigenvalue weighted by molar-refractivity contribution is -0.140. The Kier molecular flexibility index (Phi) is 5.24. The van der Waals surface area contributed by atoms with Crippen molar-refractivity contribution in [1.82, 2.24) is 0 Å². The molecule has 1 spiro atoms. The molecule has 0 aliphatic heterocycles. The van der Waals surface area contributed by atoms with Gasteiger partial charge in [-0.1, -0.05) is 39.3 Å². The molecule has 5 nitrogen and oxygen atoms in total. The summed E-state index contributed by atoms with van der Waals surface area (Å²) in [6, 6.07) is 0. The minimum Gasteiger partial charge on any atom is -0.511 e. The van der Waals surface area contributed by atoms with Crippen molar-refractivity contribution < 1.29 is 24.9 Å². The van der Waals surface area contributed by atoms with Crippen molar-refractivity contribution in [3.63, 3.8) is 0 Å². The van der Waals surface area contributed by atoms with Gasteiger partial charge in [-0.25, -0.2) is 0 Å². The number of ketones is 2. The maximum absolute atomic E-state index is 13.7. The van der Waals surface area contributed by atoms with Crippen molar-refractivity contribution in [2.45, 2.75) is 86.4 Å². The quantitative estimate of drug-likeness (QED) is 0.461. The number of aliphatic hydroxyl groups is 3. The zero-order valence-corrected chi connectivity index (χ0v) is 19.7. The van der Waals surface area contributed by atoms with Crippen LogP contribution in [-0.2, 0) is 9.59 Å². The normalized spacial score (nSPS) is 37.6. The first-order valence-electron chi connectivity index (χ1n) is 11.1. The van der Waals surface area contributed by atoms with Gasteiger partial charge in [-0.3, -0.25) is 9.59 Å². The van der Waals surface area contributed by atoms with Gasteiger partial charge in [0.05, 0.1) is 28.1 Å². The number of rotatable bonds is 5. The highest BCUT2D eigenvalue weighted by Gasteiger charge is 2.77. The molecular weight excluding hydrogens is 380 g/mol. The second-order valence-electron chi connectivity index (χ2n) is 11.6. The molecule has 5 heteroatoms. The van der Waals surface area contributed by atoms with Gasteiger partial charge in [-0.15, -0.1) is 0 Å². The molecule has 168 valence electrons. The molecule has 0 aromatic rings.